The summed E-state index contributed by atoms with van der Waals surface area (Å²) in [5.74, 6) is 0. The van der Waals surface area contributed by atoms with Crippen molar-refractivity contribution in [2.24, 2.45) is 0 Å². The van der Waals surface area contributed by atoms with Gasteiger partial charge in [-0.25, -0.2) is 0 Å². The molecule has 0 unspecified atom stereocenters. The second kappa shape index (κ2) is 9.46. The van der Waals surface area contributed by atoms with Crippen molar-refractivity contribution in [2.75, 3.05) is 0 Å². The van der Waals surface area contributed by atoms with Gasteiger partial charge in [0.25, 0.3) is 0 Å². The third kappa shape index (κ3) is 391. The van der Waals surface area contributed by atoms with Gasteiger partial charge in [-0.15, -0.1) is 0 Å². The fourth-order valence-electron chi connectivity index (χ4n) is 0. The van der Waals surface area contributed by atoms with Crippen LogP contribution in [-0.2, 0) is 15.0 Å². The molecule has 0 aromatic rings. The molecular weight excluding hydrogens is 421 g/mol. The van der Waals surface area contributed by atoms with Gasteiger partial charge in [-0.05, 0) is 0 Å². The molecule has 0 aliphatic rings. The summed E-state index contributed by atoms with van der Waals surface area (Å²) in [7, 11) is -10.1. The third-order valence-corrected chi connectivity index (χ3v) is 0. The summed E-state index contributed by atoms with van der Waals surface area (Å²) < 4.78 is 40.1. The van der Waals surface area contributed by atoms with Crippen LogP contribution in [0.1, 0.15) is 0 Å². The molecule has 8 nitrogen and oxygen atoms in total. The molecule has 0 heterocycles. The van der Waals surface area contributed by atoms with Gasteiger partial charge in [-0.3, -0.25) is 9.11 Å². The molecule has 0 aliphatic carbocycles. The molecule has 0 spiro atoms. The zero-order valence-corrected chi connectivity index (χ0v) is 13.3. The first-order valence-electron chi connectivity index (χ1n) is 1.43. The van der Waals surface area contributed by atoms with Crippen molar-refractivity contribution in [1.82, 2.24) is 0 Å². The van der Waals surface area contributed by atoms with Gasteiger partial charge in [0.15, 0.2) is 0 Å². The zero-order valence-electron chi connectivity index (χ0n) is 5.70. The molecule has 12 heavy (non-hydrogen) atoms. The molecule has 0 fully saturated rings. The van der Waals surface area contributed by atoms with Crippen LogP contribution in [0.3, 0.4) is 0 Å². The summed E-state index contributed by atoms with van der Waals surface area (Å²) in [6.45, 7) is 0. The summed E-state index contributed by atoms with van der Waals surface area (Å²) in [5, 5.41) is 0. The van der Waals surface area contributed by atoms with Gasteiger partial charge >= 0.3 is 67.3 Å². The van der Waals surface area contributed by atoms with Crippen LogP contribution in [-0.4, -0.2) is 44.8 Å². The SMILES string of the molecule is O=P([O-])([O-])[O-].O=S(=O)(O)O.[Na+].[Pb+2]. The van der Waals surface area contributed by atoms with Crippen molar-refractivity contribution >= 4 is 45.5 Å². The van der Waals surface area contributed by atoms with E-state index in [0.717, 1.165) is 0 Å². The molecule has 0 rings (SSSR count). The largest absolute Gasteiger partial charge is 2.00 e. The van der Waals surface area contributed by atoms with Crippen LogP contribution in [0, 0.1) is 0 Å². The molecule has 0 aromatic carbocycles. The molecule has 0 aliphatic heterocycles. The molecule has 66 valence electrons. The molecule has 0 amide bonds. The molecular formula is H2NaO8PPbS. The van der Waals surface area contributed by atoms with Crippen molar-refractivity contribution in [3.63, 3.8) is 0 Å². The first-order valence-corrected chi connectivity index (χ1v) is 4.29. The summed E-state index contributed by atoms with van der Waals surface area (Å²) in [5.41, 5.74) is 0. The molecule has 0 bridgehead atoms. The van der Waals surface area contributed by atoms with Crippen LogP contribution in [0.25, 0.3) is 0 Å². The molecule has 12 heteroatoms. The Morgan fingerprint density at radius 3 is 1.08 bits per heavy atom. The fourth-order valence-corrected chi connectivity index (χ4v) is 0. The summed E-state index contributed by atoms with van der Waals surface area (Å²) >= 11 is 0. The van der Waals surface area contributed by atoms with E-state index in [1.165, 1.54) is 0 Å². The van der Waals surface area contributed by atoms with Crippen LogP contribution in [0.5, 0.6) is 0 Å². The maximum Gasteiger partial charge on any atom is 2.00 e. The van der Waals surface area contributed by atoms with E-state index in [-0.39, 0.29) is 56.9 Å². The van der Waals surface area contributed by atoms with Crippen molar-refractivity contribution in [1.29, 1.82) is 0 Å². The minimum atomic E-state index is -5.39. The van der Waals surface area contributed by atoms with Crippen molar-refractivity contribution < 1.29 is 66.3 Å². The van der Waals surface area contributed by atoms with E-state index < -0.39 is 18.2 Å². The van der Waals surface area contributed by atoms with E-state index in [0.29, 0.717) is 0 Å². The summed E-state index contributed by atoms with van der Waals surface area (Å²) in [6.07, 6.45) is 0. The Morgan fingerprint density at radius 1 is 1.08 bits per heavy atom. The van der Waals surface area contributed by atoms with E-state index in [4.69, 9.17) is 36.8 Å². The molecule has 0 atom stereocenters. The van der Waals surface area contributed by atoms with Gasteiger partial charge in [0, 0.05) is 0 Å². The van der Waals surface area contributed by atoms with Crippen LogP contribution >= 0.6 is 7.82 Å². The number of phosphoric acid groups is 1. The van der Waals surface area contributed by atoms with Gasteiger partial charge < -0.3 is 19.2 Å². The van der Waals surface area contributed by atoms with Gasteiger partial charge in [0.2, 0.25) is 0 Å². The average molecular weight is 423 g/mol. The van der Waals surface area contributed by atoms with Crippen LogP contribution < -0.4 is 44.2 Å². The van der Waals surface area contributed by atoms with Crippen molar-refractivity contribution in [3.8, 4) is 0 Å². The Kier molecular flexibility index (Phi) is 18.6. The van der Waals surface area contributed by atoms with Gasteiger partial charge in [-0.1, -0.05) is 0 Å². The smallest absolute Gasteiger partial charge is 0.822 e. The Hall–Kier alpha value is 1.90. The van der Waals surface area contributed by atoms with E-state index in [1.54, 1.807) is 0 Å². The summed E-state index contributed by atoms with van der Waals surface area (Å²) in [6, 6.07) is 0. The second-order valence-electron chi connectivity index (χ2n) is 0.895. The average Bonchev–Trinajstić information content (AvgIpc) is 1.12. The standard InChI is InChI=1S/Na.H3O4P.H2O4S.Pb/c;2*1-5(2,3)4;/h;(H3,1,2,3,4);(H2,1,2,3,4);/q+1;;;+2/p-3. The van der Waals surface area contributed by atoms with E-state index >= 15 is 0 Å². The van der Waals surface area contributed by atoms with E-state index in [1.807, 2.05) is 0 Å². The Balaban J connectivity index is -0.0000000457. The molecule has 0 saturated carbocycles. The summed E-state index contributed by atoms with van der Waals surface area (Å²) in [4.78, 5) is 25.6. The normalized spacial score (nSPS) is 9.75. The number of rotatable bonds is 0. The first-order chi connectivity index (χ1) is 4.00. The maximum atomic E-state index is 8.74. The first kappa shape index (κ1) is 23.6. The molecule has 2 radical (unpaired) electrons. The number of hydrogen-bond acceptors (Lipinski definition) is 6. The molecule has 0 saturated heterocycles. The monoisotopic (exact) mass is 424 g/mol. The van der Waals surface area contributed by atoms with Crippen LogP contribution in [0.2, 0.25) is 0 Å². The maximum absolute atomic E-state index is 8.74. The van der Waals surface area contributed by atoms with Crippen LogP contribution in [0.15, 0.2) is 0 Å². The topological polar surface area (TPSA) is 161 Å². The third-order valence-electron chi connectivity index (χ3n) is 0. The van der Waals surface area contributed by atoms with E-state index in [2.05, 4.69) is 0 Å². The Morgan fingerprint density at radius 2 is 1.08 bits per heavy atom. The molecule has 2 N–H and O–H groups in total. The predicted molar refractivity (Wildman–Crippen MR) is 27.5 cm³/mol. The van der Waals surface area contributed by atoms with Gasteiger partial charge in [-0.2, -0.15) is 16.2 Å². The van der Waals surface area contributed by atoms with Gasteiger partial charge in [0.05, 0.1) is 0 Å². The fraction of sp³-hybridized carbons (Fsp3) is 0. The number of hydrogen-bond donors (Lipinski definition) is 2. The minimum absolute atomic E-state index is 0. The zero-order chi connectivity index (χ0) is 9.00. The van der Waals surface area contributed by atoms with Crippen LogP contribution in [0.4, 0.5) is 0 Å². The van der Waals surface area contributed by atoms with Gasteiger partial charge in [0.1, 0.15) is 0 Å². The Labute approximate surface area is 111 Å². The minimum Gasteiger partial charge on any atom is -0.822 e. The van der Waals surface area contributed by atoms with Crippen molar-refractivity contribution in [3.05, 3.63) is 0 Å². The Bertz CT molecular complexity index is 197. The predicted octanol–water partition coefficient (Wildman–Crippen LogP) is -6.85. The van der Waals surface area contributed by atoms with Crippen molar-refractivity contribution in [2.45, 2.75) is 0 Å². The van der Waals surface area contributed by atoms with E-state index in [9.17, 15) is 0 Å². The quantitative estimate of drug-likeness (QED) is 0.221. The second-order valence-corrected chi connectivity index (χ2v) is 2.69. The molecule has 0 aromatic heterocycles.